The molecule has 0 radical (unpaired) electrons. The number of aliphatic carboxylic acids is 1. The molecule has 72 valence electrons. The molecule has 0 aromatic heterocycles. The van der Waals surface area contributed by atoms with Crippen molar-refractivity contribution in [2.24, 2.45) is 5.92 Å². The fourth-order valence-electron chi connectivity index (χ4n) is 1.87. The molecule has 4 nitrogen and oxygen atoms in total. The molecule has 2 aliphatic rings. The standard InChI is InChI=1S/C9H13NO3.K/c11-8-7(9(12)13)2-1-5-10(8)6-3-4-6;/h6-7H,1-5H2,(H,12,13);/q;+1/p-1. The van der Waals surface area contributed by atoms with Crippen molar-refractivity contribution < 1.29 is 66.1 Å². The summed E-state index contributed by atoms with van der Waals surface area (Å²) in [7, 11) is 0. The number of likely N-dealkylation sites (tertiary alicyclic amines) is 1. The van der Waals surface area contributed by atoms with Crippen molar-refractivity contribution in [2.75, 3.05) is 6.54 Å². The van der Waals surface area contributed by atoms with E-state index in [1.807, 2.05) is 0 Å². The van der Waals surface area contributed by atoms with Gasteiger partial charge >= 0.3 is 51.4 Å². The Morgan fingerprint density at radius 3 is 2.50 bits per heavy atom. The first-order chi connectivity index (χ1) is 6.20. The second-order valence-corrected chi connectivity index (χ2v) is 3.78. The number of carboxylic acid groups (broad SMARTS) is 1. The molecule has 2 rings (SSSR count). The molecule has 5 heteroatoms. The van der Waals surface area contributed by atoms with Crippen LogP contribution in [-0.4, -0.2) is 29.4 Å². The van der Waals surface area contributed by atoms with E-state index in [1.54, 1.807) is 4.90 Å². The van der Waals surface area contributed by atoms with E-state index >= 15 is 0 Å². The number of carbonyl (C=O) groups is 2. The Hall–Kier alpha value is 0.576. The fraction of sp³-hybridized carbons (Fsp3) is 0.778. The Kier molecular flexibility index (Phi) is 4.58. The maximum absolute atomic E-state index is 11.6. The summed E-state index contributed by atoms with van der Waals surface area (Å²) in [5.41, 5.74) is 0. The summed E-state index contributed by atoms with van der Waals surface area (Å²) in [5.74, 6) is -2.32. The zero-order valence-electron chi connectivity index (χ0n) is 8.36. The van der Waals surface area contributed by atoms with Crippen LogP contribution >= 0.6 is 0 Å². The number of carbonyl (C=O) groups excluding carboxylic acids is 2. The van der Waals surface area contributed by atoms with Gasteiger partial charge in [-0.05, 0) is 25.7 Å². The van der Waals surface area contributed by atoms with E-state index in [0.29, 0.717) is 12.5 Å². The van der Waals surface area contributed by atoms with Gasteiger partial charge in [0.05, 0.1) is 11.9 Å². The van der Waals surface area contributed by atoms with Gasteiger partial charge in [0.1, 0.15) is 0 Å². The second kappa shape index (κ2) is 5.07. The molecule has 0 aromatic carbocycles. The summed E-state index contributed by atoms with van der Waals surface area (Å²) in [5, 5.41) is 10.6. The molecule has 1 unspecified atom stereocenters. The largest absolute Gasteiger partial charge is 1.00 e. The molecule has 1 aliphatic carbocycles. The molecular weight excluding hydrogens is 209 g/mol. The average molecular weight is 221 g/mol. The molecule has 14 heavy (non-hydrogen) atoms. The van der Waals surface area contributed by atoms with Gasteiger partial charge in [-0.3, -0.25) is 4.79 Å². The topological polar surface area (TPSA) is 60.4 Å². The van der Waals surface area contributed by atoms with Crippen LogP contribution in [0.25, 0.3) is 0 Å². The minimum Gasteiger partial charge on any atom is -0.549 e. The Morgan fingerprint density at radius 2 is 2.00 bits per heavy atom. The molecule has 2 fully saturated rings. The summed E-state index contributed by atoms with van der Waals surface area (Å²) < 4.78 is 0. The van der Waals surface area contributed by atoms with Gasteiger partial charge in [0.15, 0.2) is 0 Å². The molecule has 1 saturated heterocycles. The van der Waals surface area contributed by atoms with Gasteiger partial charge in [-0.1, -0.05) is 0 Å². The maximum Gasteiger partial charge on any atom is 1.00 e. The van der Waals surface area contributed by atoms with Crippen LogP contribution in [0.1, 0.15) is 25.7 Å². The third kappa shape index (κ3) is 2.58. The molecule has 1 aliphatic heterocycles. The first-order valence-electron chi connectivity index (χ1n) is 4.71. The van der Waals surface area contributed by atoms with Crippen molar-refractivity contribution in [3.8, 4) is 0 Å². The van der Waals surface area contributed by atoms with E-state index in [0.717, 1.165) is 25.8 Å². The first-order valence-corrected chi connectivity index (χ1v) is 4.71. The van der Waals surface area contributed by atoms with Crippen LogP contribution in [0.2, 0.25) is 0 Å². The summed E-state index contributed by atoms with van der Waals surface area (Å²) in [4.78, 5) is 23.9. The van der Waals surface area contributed by atoms with Crippen molar-refractivity contribution in [1.82, 2.24) is 4.90 Å². The van der Waals surface area contributed by atoms with Crippen LogP contribution < -0.4 is 56.5 Å². The van der Waals surface area contributed by atoms with E-state index in [1.165, 1.54) is 0 Å². The molecule has 0 spiro atoms. The third-order valence-corrected chi connectivity index (χ3v) is 2.75. The molecular formula is C9H12KNO3. The number of hydrogen-bond acceptors (Lipinski definition) is 3. The number of rotatable bonds is 2. The van der Waals surface area contributed by atoms with Crippen molar-refractivity contribution in [1.29, 1.82) is 0 Å². The summed E-state index contributed by atoms with van der Waals surface area (Å²) in [6.07, 6.45) is 3.31. The number of hydrogen-bond donors (Lipinski definition) is 0. The molecule has 0 bridgehead atoms. The van der Waals surface area contributed by atoms with Crippen molar-refractivity contribution in [2.45, 2.75) is 31.7 Å². The smallest absolute Gasteiger partial charge is 0.549 e. The Bertz CT molecular complexity index is 252. The van der Waals surface area contributed by atoms with Gasteiger partial charge in [0.25, 0.3) is 0 Å². The quantitative estimate of drug-likeness (QED) is 0.354. The Labute approximate surface area is 125 Å². The minimum atomic E-state index is -1.21. The number of carboxylic acids is 1. The third-order valence-electron chi connectivity index (χ3n) is 2.75. The van der Waals surface area contributed by atoms with Crippen LogP contribution in [0.15, 0.2) is 0 Å². The van der Waals surface area contributed by atoms with Crippen molar-refractivity contribution in [3.63, 3.8) is 0 Å². The molecule has 0 aromatic rings. The summed E-state index contributed by atoms with van der Waals surface area (Å²) >= 11 is 0. The van der Waals surface area contributed by atoms with Gasteiger partial charge < -0.3 is 14.8 Å². The van der Waals surface area contributed by atoms with Crippen LogP contribution in [0, 0.1) is 5.92 Å². The summed E-state index contributed by atoms with van der Waals surface area (Å²) in [6, 6.07) is 0.328. The van der Waals surface area contributed by atoms with Crippen LogP contribution in [0.5, 0.6) is 0 Å². The molecule has 1 atom stereocenters. The van der Waals surface area contributed by atoms with E-state index in [2.05, 4.69) is 0 Å². The maximum atomic E-state index is 11.6. The van der Waals surface area contributed by atoms with Gasteiger partial charge in [-0.15, -0.1) is 0 Å². The fourth-order valence-corrected chi connectivity index (χ4v) is 1.87. The molecule has 0 N–H and O–H groups in total. The molecule has 1 heterocycles. The Balaban J connectivity index is 0.000000980. The van der Waals surface area contributed by atoms with Crippen molar-refractivity contribution in [3.05, 3.63) is 0 Å². The average Bonchev–Trinajstić information content (AvgIpc) is 2.87. The van der Waals surface area contributed by atoms with Gasteiger partial charge in [-0.25, -0.2) is 0 Å². The van der Waals surface area contributed by atoms with Crippen molar-refractivity contribution >= 4 is 11.9 Å². The zero-order valence-corrected chi connectivity index (χ0v) is 11.5. The SMILES string of the molecule is O=C([O-])C1CCCN(C2CC2)C1=O.[K+]. The normalized spacial score (nSPS) is 27.0. The van der Waals surface area contributed by atoms with Gasteiger partial charge in [0.2, 0.25) is 5.91 Å². The summed E-state index contributed by atoms with van der Waals surface area (Å²) in [6.45, 7) is 0.729. The minimum absolute atomic E-state index is 0. The van der Waals surface area contributed by atoms with Crippen LogP contribution in [0.3, 0.4) is 0 Å². The Morgan fingerprint density at radius 1 is 1.36 bits per heavy atom. The number of piperidine rings is 1. The van der Waals surface area contributed by atoms with E-state index in [-0.39, 0.29) is 57.3 Å². The first kappa shape index (κ1) is 12.6. The van der Waals surface area contributed by atoms with E-state index in [4.69, 9.17) is 0 Å². The van der Waals surface area contributed by atoms with E-state index in [9.17, 15) is 14.7 Å². The van der Waals surface area contributed by atoms with E-state index < -0.39 is 11.9 Å². The zero-order chi connectivity index (χ0) is 9.42. The predicted octanol–water partition coefficient (Wildman–Crippen LogP) is -3.86. The number of nitrogens with zero attached hydrogens (tertiary/aromatic N) is 1. The van der Waals surface area contributed by atoms with Crippen LogP contribution in [-0.2, 0) is 9.59 Å². The van der Waals surface area contributed by atoms with Gasteiger partial charge in [-0.2, -0.15) is 0 Å². The predicted molar refractivity (Wildman–Crippen MR) is 42.5 cm³/mol. The number of amides is 1. The molecule has 1 saturated carbocycles. The second-order valence-electron chi connectivity index (χ2n) is 3.78. The molecule has 1 amide bonds. The van der Waals surface area contributed by atoms with Gasteiger partial charge in [0, 0.05) is 12.6 Å². The monoisotopic (exact) mass is 221 g/mol. The van der Waals surface area contributed by atoms with Crippen LogP contribution in [0.4, 0.5) is 0 Å².